The lowest BCUT2D eigenvalue weighted by Crippen LogP contribution is -2.34. The minimum Gasteiger partial charge on any atom is -0.365 e. The van der Waals surface area contributed by atoms with Gasteiger partial charge in [0.1, 0.15) is 5.00 Å². The van der Waals surface area contributed by atoms with Crippen LogP contribution in [-0.4, -0.2) is 16.9 Å². The normalized spacial score (nSPS) is 15.8. The third-order valence-corrected chi connectivity index (χ3v) is 5.90. The summed E-state index contributed by atoms with van der Waals surface area (Å²) in [6, 6.07) is 7.22. The van der Waals surface area contributed by atoms with Crippen molar-refractivity contribution in [1.29, 1.82) is 0 Å². The van der Waals surface area contributed by atoms with Crippen molar-refractivity contribution in [3.8, 4) is 0 Å². The molecule has 3 rings (SSSR count). The molecule has 0 saturated heterocycles. The van der Waals surface area contributed by atoms with E-state index in [2.05, 4.69) is 17.6 Å². The van der Waals surface area contributed by atoms with Crippen molar-refractivity contribution in [1.82, 2.24) is 5.32 Å². The largest absolute Gasteiger partial charge is 0.365 e. The second kappa shape index (κ2) is 7.55. The van der Waals surface area contributed by atoms with Crippen molar-refractivity contribution in [3.05, 3.63) is 51.4 Å². The molecule has 1 atom stereocenters. The van der Waals surface area contributed by atoms with E-state index in [0.717, 1.165) is 30.4 Å². The lowest BCUT2D eigenvalue weighted by Gasteiger charge is -2.18. The molecule has 26 heavy (non-hydrogen) atoms. The van der Waals surface area contributed by atoms with Gasteiger partial charge in [0.15, 0.2) is 5.11 Å². The molecule has 1 aliphatic carbocycles. The SMILES string of the molecule is Cc1ccc(C(=O)NC(=S)Nc2sc3c(c2C(N)=O)CC[C@H](C)C3)cc1. The van der Waals surface area contributed by atoms with Gasteiger partial charge < -0.3 is 11.1 Å². The predicted molar refractivity (Wildman–Crippen MR) is 109 cm³/mol. The summed E-state index contributed by atoms with van der Waals surface area (Å²) in [5.74, 6) is -0.173. The summed E-state index contributed by atoms with van der Waals surface area (Å²) < 4.78 is 0. The summed E-state index contributed by atoms with van der Waals surface area (Å²) in [5.41, 5.74) is 8.72. The smallest absolute Gasteiger partial charge is 0.257 e. The van der Waals surface area contributed by atoms with Crippen LogP contribution in [0.5, 0.6) is 0 Å². The molecule has 1 aromatic heterocycles. The summed E-state index contributed by atoms with van der Waals surface area (Å²) >= 11 is 6.76. The Kier molecular flexibility index (Phi) is 5.38. The van der Waals surface area contributed by atoms with Crippen LogP contribution in [-0.2, 0) is 12.8 Å². The maximum absolute atomic E-state index is 12.3. The Morgan fingerprint density at radius 1 is 1.27 bits per heavy atom. The van der Waals surface area contributed by atoms with Crippen molar-refractivity contribution in [2.45, 2.75) is 33.1 Å². The number of aryl methyl sites for hydroxylation is 1. The van der Waals surface area contributed by atoms with Crippen LogP contribution in [0.25, 0.3) is 0 Å². The maximum atomic E-state index is 12.3. The maximum Gasteiger partial charge on any atom is 0.257 e. The number of fused-ring (bicyclic) bond motifs is 1. The van der Waals surface area contributed by atoms with Gasteiger partial charge in [0.05, 0.1) is 5.56 Å². The van der Waals surface area contributed by atoms with Gasteiger partial charge in [-0.05, 0) is 62.0 Å². The van der Waals surface area contributed by atoms with E-state index < -0.39 is 5.91 Å². The monoisotopic (exact) mass is 387 g/mol. The van der Waals surface area contributed by atoms with Gasteiger partial charge >= 0.3 is 0 Å². The lowest BCUT2D eigenvalue weighted by molar-refractivity contribution is 0.0975. The van der Waals surface area contributed by atoms with Crippen LogP contribution in [0, 0.1) is 12.8 Å². The highest BCUT2D eigenvalue weighted by Gasteiger charge is 2.27. The number of thiophene rings is 1. The molecule has 2 aromatic rings. The highest BCUT2D eigenvalue weighted by Crippen LogP contribution is 2.39. The zero-order valence-corrected chi connectivity index (χ0v) is 16.4. The average Bonchev–Trinajstić information content (AvgIpc) is 2.91. The van der Waals surface area contributed by atoms with Gasteiger partial charge in [0.2, 0.25) is 0 Å². The molecule has 136 valence electrons. The van der Waals surface area contributed by atoms with E-state index in [1.165, 1.54) is 16.2 Å². The molecule has 1 aliphatic rings. The molecular formula is C19H21N3O2S2. The van der Waals surface area contributed by atoms with E-state index in [4.69, 9.17) is 18.0 Å². The summed E-state index contributed by atoms with van der Waals surface area (Å²) in [6.45, 7) is 4.16. The number of rotatable bonds is 3. The van der Waals surface area contributed by atoms with E-state index in [9.17, 15) is 9.59 Å². The Morgan fingerprint density at radius 3 is 2.62 bits per heavy atom. The number of benzene rings is 1. The van der Waals surface area contributed by atoms with Crippen LogP contribution >= 0.6 is 23.6 Å². The molecule has 0 radical (unpaired) electrons. The third-order valence-electron chi connectivity index (χ3n) is 4.53. The second-order valence-electron chi connectivity index (χ2n) is 6.69. The molecule has 1 heterocycles. The fourth-order valence-corrected chi connectivity index (χ4v) is 4.79. The highest BCUT2D eigenvalue weighted by molar-refractivity contribution is 7.80. The molecule has 5 nitrogen and oxygen atoms in total. The van der Waals surface area contributed by atoms with Crippen molar-refractivity contribution in [2.75, 3.05) is 5.32 Å². The zero-order chi connectivity index (χ0) is 18.8. The fourth-order valence-electron chi connectivity index (χ4n) is 3.11. The summed E-state index contributed by atoms with van der Waals surface area (Å²) in [6.07, 6.45) is 2.82. The minimum atomic E-state index is -0.466. The molecular weight excluding hydrogens is 366 g/mol. The topological polar surface area (TPSA) is 84.2 Å². The predicted octanol–water partition coefficient (Wildman–Crippen LogP) is 3.41. The highest BCUT2D eigenvalue weighted by atomic mass is 32.1. The number of primary amides is 1. The Bertz CT molecular complexity index is 872. The number of amides is 2. The van der Waals surface area contributed by atoms with Gasteiger partial charge in [-0.2, -0.15) is 0 Å². The Balaban J connectivity index is 1.76. The third kappa shape index (κ3) is 3.94. The van der Waals surface area contributed by atoms with E-state index >= 15 is 0 Å². The van der Waals surface area contributed by atoms with Crippen LogP contribution in [0.1, 0.15) is 50.1 Å². The molecule has 0 bridgehead atoms. The molecule has 0 fully saturated rings. The number of carbonyl (C=O) groups is 2. The molecule has 0 saturated carbocycles. The number of nitrogens with one attached hydrogen (secondary N) is 2. The van der Waals surface area contributed by atoms with Crippen LogP contribution in [0.3, 0.4) is 0 Å². The molecule has 7 heteroatoms. The first-order chi connectivity index (χ1) is 12.3. The van der Waals surface area contributed by atoms with E-state index in [0.29, 0.717) is 22.0 Å². The van der Waals surface area contributed by atoms with Crippen molar-refractivity contribution < 1.29 is 9.59 Å². The van der Waals surface area contributed by atoms with Crippen LogP contribution < -0.4 is 16.4 Å². The average molecular weight is 388 g/mol. The second-order valence-corrected chi connectivity index (χ2v) is 8.21. The van der Waals surface area contributed by atoms with Crippen molar-refractivity contribution in [2.24, 2.45) is 11.7 Å². The van der Waals surface area contributed by atoms with Gasteiger partial charge in [0.25, 0.3) is 11.8 Å². The van der Waals surface area contributed by atoms with Gasteiger partial charge in [-0.25, -0.2) is 0 Å². The first-order valence-corrected chi connectivity index (χ1v) is 9.71. The number of hydrogen-bond acceptors (Lipinski definition) is 4. The van der Waals surface area contributed by atoms with E-state index in [1.807, 2.05) is 19.1 Å². The van der Waals surface area contributed by atoms with Crippen LogP contribution in [0.4, 0.5) is 5.00 Å². The molecule has 0 spiro atoms. The Hall–Kier alpha value is -2.25. The molecule has 2 amide bonds. The lowest BCUT2D eigenvalue weighted by atomic mass is 9.88. The number of anilines is 1. The fraction of sp³-hybridized carbons (Fsp3) is 0.316. The first kappa shape index (κ1) is 18.5. The number of carbonyl (C=O) groups excluding carboxylic acids is 2. The molecule has 4 N–H and O–H groups in total. The van der Waals surface area contributed by atoms with Crippen molar-refractivity contribution in [3.63, 3.8) is 0 Å². The van der Waals surface area contributed by atoms with Crippen LogP contribution in [0.15, 0.2) is 24.3 Å². The number of thiocarbonyl (C=S) groups is 1. The molecule has 1 aromatic carbocycles. The van der Waals surface area contributed by atoms with Gasteiger partial charge in [-0.1, -0.05) is 24.6 Å². The summed E-state index contributed by atoms with van der Waals surface area (Å²) in [7, 11) is 0. The summed E-state index contributed by atoms with van der Waals surface area (Å²) in [4.78, 5) is 25.4. The number of hydrogen-bond donors (Lipinski definition) is 3. The minimum absolute atomic E-state index is 0.157. The van der Waals surface area contributed by atoms with Gasteiger partial charge in [-0.3, -0.25) is 14.9 Å². The number of nitrogens with two attached hydrogens (primary N) is 1. The van der Waals surface area contributed by atoms with Gasteiger partial charge in [-0.15, -0.1) is 11.3 Å². The van der Waals surface area contributed by atoms with Crippen molar-refractivity contribution >= 4 is 45.5 Å². The quantitative estimate of drug-likeness (QED) is 0.705. The molecule has 0 aliphatic heterocycles. The zero-order valence-electron chi connectivity index (χ0n) is 14.7. The van der Waals surface area contributed by atoms with E-state index in [1.54, 1.807) is 12.1 Å². The standard InChI is InChI=1S/C19H21N3O2S2/c1-10-3-6-12(7-4-10)17(24)21-19(25)22-18-15(16(20)23)13-8-5-11(2)9-14(13)26-18/h3-4,6-7,11H,5,8-9H2,1-2H3,(H2,20,23)(H2,21,22,24,25)/t11-/m0/s1. The van der Waals surface area contributed by atoms with Crippen LogP contribution in [0.2, 0.25) is 0 Å². The first-order valence-electron chi connectivity index (χ1n) is 8.48. The van der Waals surface area contributed by atoms with Gasteiger partial charge in [0, 0.05) is 10.4 Å². The Morgan fingerprint density at radius 2 is 1.96 bits per heavy atom. The summed E-state index contributed by atoms with van der Waals surface area (Å²) in [5, 5.41) is 6.42. The van der Waals surface area contributed by atoms with E-state index in [-0.39, 0.29) is 11.0 Å². The molecule has 0 unspecified atom stereocenters. The Labute approximate surface area is 162 Å².